The van der Waals surface area contributed by atoms with Crippen molar-refractivity contribution in [3.8, 4) is 0 Å². The second kappa shape index (κ2) is 68.8. The fourth-order valence-corrected chi connectivity index (χ4v) is 11.5. The van der Waals surface area contributed by atoms with Crippen molar-refractivity contribution < 1.29 is 24.5 Å². The first-order chi connectivity index (χ1) is 39.0. The molecule has 0 aromatic heterocycles. The molecule has 6 nitrogen and oxygen atoms in total. The second-order valence-electron chi connectivity index (χ2n) is 24.9. The number of unbranched alkanes of at least 4 members (excludes halogenated alkanes) is 55. The second-order valence-corrected chi connectivity index (χ2v) is 24.9. The van der Waals surface area contributed by atoms with E-state index in [1.54, 1.807) is 6.08 Å². The van der Waals surface area contributed by atoms with Crippen molar-refractivity contribution in [3.05, 3.63) is 24.3 Å². The van der Waals surface area contributed by atoms with Crippen LogP contribution in [0.15, 0.2) is 24.3 Å². The van der Waals surface area contributed by atoms with Crippen LogP contribution in [0.5, 0.6) is 0 Å². The van der Waals surface area contributed by atoms with E-state index in [9.17, 15) is 19.8 Å². The summed E-state index contributed by atoms with van der Waals surface area (Å²) in [5.74, 6) is -0.0456. The van der Waals surface area contributed by atoms with Crippen LogP contribution in [-0.2, 0) is 14.3 Å². The summed E-state index contributed by atoms with van der Waals surface area (Å²) in [4.78, 5) is 24.6. The third-order valence-corrected chi connectivity index (χ3v) is 17.0. The molecule has 0 saturated carbocycles. The maximum Gasteiger partial charge on any atom is 0.305 e. The smallest absolute Gasteiger partial charge is 0.305 e. The van der Waals surface area contributed by atoms with Crippen LogP contribution in [0.25, 0.3) is 0 Å². The molecule has 6 heteroatoms. The van der Waals surface area contributed by atoms with Crippen molar-refractivity contribution in [3.63, 3.8) is 0 Å². The van der Waals surface area contributed by atoms with Gasteiger partial charge in [-0.2, -0.15) is 0 Å². The monoisotopic (exact) mass is 1110 g/mol. The van der Waals surface area contributed by atoms with E-state index in [0.717, 1.165) is 38.5 Å². The molecule has 0 aromatic rings. The summed E-state index contributed by atoms with van der Waals surface area (Å²) in [5, 5.41) is 23.2. The Morgan fingerprint density at radius 3 is 0.899 bits per heavy atom. The molecule has 0 radical (unpaired) electrons. The molecule has 468 valence electrons. The minimum atomic E-state index is -0.845. The number of nitrogens with one attached hydrogen (secondary N) is 1. The molecule has 0 bridgehead atoms. The molecule has 0 aromatic carbocycles. The number of aliphatic hydroxyl groups excluding tert-OH is 2. The van der Waals surface area contributed by atoms with Gasteiger partial charge in [0.05, 0.1) is 25.4 Å². The van der Waals surface area contributed by atoms with Crippen molar-refractivity contribution in [2.75, 3.05) is 13.2 Å². The summed E-state index contributed by atoms with van der Waals surface area (Å²) in [6.07, 6.45) is 86.9. The van der Waals surface area contributed by atoms with Crippen LogP contribution in [0.1, 0.15) is 406 Å². The summed E-state index contributed by atoms with van der Waals surface area (Å²) in [7, 11) is 0. The Morgan fingerprint density at radius 2 is 0.595 bits per heavy atom. The Bertz CT molecular complexity index is 1230. The molecule has 1 amide bonds. The quantitative estimate of drug-likeness (QED) is 0.0320. The van der Waals surface area contributed by atoms with Crippen LogP contribution in [0.3, 0.4) is 0 Å². The van der Waals surface area contributed by atoms with Crippen LogP contribution in [-0.4, -0.2) is 47.4 Å². The molecule has 0 rings (SSSR count). The highest BCUT2D eigenvalue weighted by atomic mass is 16.5. The lowest BCUT2D eigenvalue weighted by Gasteiger charge is -2.20. The van der Waals surface area contributed by atoms with Gasteiger partial charge in [-0.1, -0.05) is 359 Å². The maximum absolute atomic E-state index is 12.5. The van der Waals surface area contributed by atoms with Crippen molar-refractivity contribution in [1.82, 2.24) is 5.32 Å². The fourth-order valence-electron chi connectivity index (χ4n) is 11.5. The molecule has 2 atom stereocenters. The molecule has 0 spiro atoms. The number of carbonyl (C=O) groups is 2. The van der Waals surface area contributed by atoms with Crippen LogP contribution in [0.2, 0.25) is 0 Å². The van der Waals surface area contributed by atoms with Crippen LogP contribution in [0, 0.1) is 0 Å². The van der Waals surface area contributed by atoms with Crippen LogP contribution >= 0.6 is 0 Å². The molecule has 0 heterocycles. The third kappa shape index (κ3) is 65.4. The van der Waals surface area contributed by atoms with Gasteiger partial charge in [0.2, 0.25) is 5.91 Å². The summed E-state index contributed by atoms with van der Waals surface area (Å²) in [6, 6.07) is -0.628. The van der Waals surface area contributed by atoms with Gasteiger partial charge in [0.25, 0.3) is 0 Å². The summed E-state index contributed by atoms with van der Waals surface area (Å²) >= 11 is 0. The third-order valence-electron chi connectivity index (χ3n) is 17.0. The van der Waals surface area contributed by atoms with E-state index in [4.69, 9.17) is 4.74 Å². The van der Waals surface area contributed by atoms with Gasteiger partial charge in [-0.05, 0) is 57.8 Å². The van der Waals surface area contributed by atoms with Gasteiger partial charge in [-0.15, -0.1) is 0 Å². The number of hydrogen-bond donors (Lipinski definition) is 3. The zero-order valence-electron chi connectivity index (χ0n) is 53.6. The van der Waals surface area contributed by atoms with Gasteiger partial charge >= 0.3 is 5.97 Å². The van der Waals surface area contributed by atoms with E-state index in [1.165, 1.54) is 340 Å². The molecule has 3 N–H and O–H groups in total. The number of amides is 1. The lowest BCUT2D eigenvalue weighted by atomic mass is 10.0. The molecule has 0 saturated heterocycles. The van der Waals surface area contributed by atoms with E-state index in [-0.39, 0.29) is 18.5 Å². The predicted octanol–water partition coefficient (Wildman–Crippen LogP) is 23.3. The lowest BCUT2D eigenvalue weighted by molar-refractivity contribution is -0.143. The van der Waals surface area contributed by atoms with Gasteiger partial charge in [-0.3, -0.25) is 9.59 Å². The topological polar surface area (TPSA) is 95.9 Å². The Morgan fingerprint density at radius 1 is 0.342 bits per heavy atom. The lowest BCUT2D eigenvalue weighted by Crippen LogP contribution is -2.45. The fraction of sp³-hybridized carbons (Fsp3) is 0.918. The number of hydrogen-bond acceptors (Lipinski definition) is 5. The van der Waals surface area contributed by atoms with Gasteiger partial charge in [0.15, 0.2) is 0 Å². The zero-order chi connectivity index (χ0) is 57.1. The highest BCUT2D eigenvalue weighted by Crippen LogP contribution is 2.19. The number of esters is 1. The van der Waals surface area contributed by atoms with Crippen LogP contribution in [0.4, 0.5) is 0 Å². The Balaban J connectivity index is 3.37. The van der Waals surface area contributed by atoms with Gasteiger partial charge < -0.3 is 20.3 Å². The van der Waals surface area contributed by atoms with Gasteiger partial charge in [0.1, 0.15) is 0 Å². The molecular weight excluding hydrogens is 971 g/mol. The number of carbonyl (C=O) groups excluding carboxylic acids is 2. The van der Waals surface area contributed by atoms with Gasteiger partial charge in [0, 0.05) is 12.8 Å². The number of rotatable bonds is 68. The SMILES string of the molecule is CCCCCCCCCCCCCCCC/C=C/C(O)C(CO)NC(=O)CCCCCCCCCCCCC/C=C\CCCCCCCCCCCCCCOC(=O)CCCCCCCCCCCCCCCCCCCCC. The van der Waals surface area contributed by atoms with Gasteiger partial charge in [-0.25, -0.2) is 0 Å². The van der Waals surface area contributed by atoms with Crippen molar-refractivity contribution in [1.29, 1.82) is 0 Å². The average molecular weight is 1110 g/mol. The Hall–Kier alpha value is -1.66. The molecule has 2 unspecified atom stereocenters. The van der Waals surface area contributed by atoms with E-state index < -0.39 is 12.1 Å². The molecule has 0 aliphatic rings. The molecule has 0 fully saturated rings. The predicted molar refractivity (Wildman–Crippen MR) is 347 cm³/mol. The van der Waals surface area contributed by atoms with Crippen molar-refractivity contribution in [2.45, 2.75) is 418 Å². The number of aliphatic hydroxyl groups is 2. The molecule has 79 heavy (non-hydrogen) atoms. The normalized spacial score (nSPS) is 12.6. The first-order valence-electron chi connectivity index (χ1n) is 36.1. The van der Waals surface area contributed by atoms with Crippen LogP contribution < -0.4 is 5.32 Å². The summed E-state index contributed by atoms with van der Waals surface area (Å²) in [6.45, 7) is 4.95. The standard InChI is InChI=1S/C73H141NO5/c1-3-5-7-9-11-13-15-17-19-21-31-35-39-43-47-51-55-59-63-67-73(78)79-68-64-60-56-52-48-44-40-36-33-30-28-26-24-22-23-25-27-29-32-34-38-42-46-50-54-58-62-66-72(77)74-70(69-75)71(76)65-61-57-53-49-45-41-37-20-18-16-14-12-10-8-6-4-2/h22-23,61,65,70-71,75-76H,3-21,24-60,62-64,66-69H2,1-2H3,(H,74,77)/b23-22-,65-61+. The first-order valence-corrected chi connectivity index (χ1v) is 36.1. The number of allylic oxidation sites excluding steroid dienone is 3. The molecular formula is C73H141NO5. The number of ether oxygens (including phenoxy) is 1. The summed E-state index contributed by atoms with van der Waals surface area (Å²) in [5.41, 5.74) is 0. The zero-order valence-corrected chi connectivity index (χ0v) is 53.6. The van der Waals surface area contributed by atoms with E-state index in [0.29, 0.717) is 19.4 Å². The minimum absolute atomic E-state index is 0.0203. The molecule has 0 aliphatic heterocycles. The van der Waals surface area contributed by atoms with E-state index in [1.807, 2.05) is 6.08 Å². The molecule has 0 aliphatic carbocycles. The average Bonchev–Trinajstić information content (AvgIpc) is 3.45. The highest BCUT2D eigenvalue weighted by Gasteiger charge is 2.18. The van der Waals surface area contributed by atoms with E-state index >= 15 is 0 Å². The van der Waals surface area contributed by atoms with Crippen molar-refractivity contribution >= 4 is 11.9 Å². The Labute approximate surface area is 494 Å². The summed E-state index contributed by atoms with van der Waals surface area (Å²) < 4.78 is 5.51. The largest absolute Gasteiger partial charge is 0.466 e. The van der Waals surface area contributed by atoms with Crippen molar-refractivity contribution in [2.24, 2.45) is 0 Å². The highest BCUT2D eigenvalue weighted by molar-refractivity contribution is 5.76. The Kier molecular flexibility index (Phi) is 67.4. The first kappa shape index (κ1) is 77.3. The van der Waals surface area contributed by atoms with E-state index in [2.05, 4.69) is 31.3 Å². The minimum Gasteiger partial charge on any atom is -0.466 e. The maximum atomic E-state index is 12.5.